The van der Waals surface area contributed by atoms with Gasteiger partial charge in [0, 0.05) is 55.2 Å². The second-order valence-corrected chi connectivity index (χ2v) is 13.7. The number of piperidine rings is 1. The summed E-state index contributed by atoms with van der Waals surface area (Å²) >= 11 is 0. The van der Waals surface area contributed by atoms with Crippen LogP contribution in [0.2, 0.25) is 0 Å². The van der Waals surface area contributed by atoms with Gasteiger partial charge < -0.3 is 24.8 Å². The molecule has 0 saturated carbocycles. The first-order chi connectivity index (χ1) is 20.0. The quantitative estimate of drug-likeness (QED) is 0.566. The van der Waals surface area contributed by atoms with E-state index < -0.39 is 35.5 Å². The minimum atomic E-state index is -1.64. The van der Waals surface area contributed by atoms with Gasteiger partial charge in [-0.1, -0.05) is 39.8 Å². The fraction of sp³-hybridized carbons (Fsp3) is 0.656. The van der Waals surface area contributed by atoms with E-state index in [2.05, 4.69) is 46.6 Å². The maximum Gasteiger partial charge on any atom is 0.281 e. The summed E-state index contributed by atoms with van der Waals surface area (Å²) in [6, 6.07) is 5.54. The number of likely N-dealkylation sites (tertiary alicyclic amines) is 1. The first kappa shape index (κ1) is 27.9. The zero-order chi connectivity index (χ0) is 29.7. The van der Waals surface area contributed by atoms with Crippen LogP contribution in [0.3, 0.4) is 0 Å². The average Bonchev–Trinajstić information content (AvgIpc) is 3.68. The monoisotopic (exact) mass is 577 g/mol. The topological polar surface area (TPSA) is 107 Å². The molecular formula is C32H43N5O5. The Morgan fingerprint density at radius 1 is 1.21 bits per heavy atom. The number of benzene rings is 1. The van der Waals surface area contributed by atoms with E-state index in [1.807, 2.05) is 32.6 Å². The average molecular weight is 578 g/mol. The van der Waals surface area contributed by atoms with Gasteiger partial charge in [0.2, 0.25) is 17.5 Å². The van der Waals surface area contributed by atoms with E-state index in [4.69, 9.17) is 9.47 Å². The molecule has 0 spiro atoms. The Bertz CT molecular complexity index is 1450. The van der Waals surface area contributed by atoms with Gasteiger partial charge in [-0.05, 0) is 55.8 Å². The molecule has 10 heteroatoms. The van der Waals surface area contributed by atoms with Gasteiger partial charge in [0.25, 0.3) is 11.8 Å². The fourth-order valence-electron chi connectivity index (χ4n) is 8.75. The van der Waals surface area contributed by atoms with E-state index in [0.717, 1.165) is 18.4 Å². The number of nitrogens with zero attached hydrogens (tertiary/aromatic N) is 3. The molecule has 0 bridgehead atoms. The molecule has 0 radical (unpaired) electrons. The highest BCUT2D eigenvalue weighted by atomic mass is 16.8. The maximum absolute atomic E-state index is 14.6. The van der Waals surface area contributed by atoms with Crippen LogP contribution in [0, 0.1) is 17.8 Å². The Labute approximate surface area is 247 Å². The smallest absolute Gasteiger partial charge is 0.281 e. The van der Waals surface area contributed by atoms with E-state index in [1.165, 1.54) is 28.5 Å². The number of ether oxygens (including phenoxy) is 2. The summed E-state index contributed by atoms with van der Waals surface area (Å²) in [6.45, 7) is 8.85. The van der Waals surface area contributed by atoms with Crippen LogP contribution in [0.15, 0.2) is 24.4 Å². The van der Waals surface area contributed by atoms with Crippen LogP contribution in [-0.2, 0) is 30.3 Å². The molecule has 7 rings (SSSR count). The van der Waals surface area contributed by atoms with Gasteiger partial charge in [0.05, 0.1) is 5.92 Å². The fourth-order valence-corrected chi connectivity index (χ4v) is 8.75. The number of methoxy groups -OCH3 is 1. The lowest BCUT2D eigenvalue weighted by atomic mass is 9.72. The number of carbonyl (C=O) groups is 3. The number of aromatic amines is 1. The molecule has 4 aliphatic heterocycles. The molecule has 1 aromatic carbocycles. The molecule has 1 aromatic heterocycles. The lowest BCUT2D eigenvalue weighted by Crippen LogP contribution is -2.72. The number of H-pyrrole nitrogens is 1. The number of piperazine rings is 1. The van der Waals surface area contributed by atoms with Gasteiger partial charge in [-0.2, -0.15) is 0 Å². The summed E-state index contributed by atoms with van der Waals surface area (Å²) in [4.78, 5) is 51.6. The second kappa shape index (κ2) is 9.53. The highest BCUT2D eigenvalue weighted by molar-refractivity contribution is 5.98. The second-order valence-electron chi connectivity index (χ2n) is 13.7. The summed E-state index contributed by atoms with van der Waals surface area (Å²) in [7, 11) is 3.63. The van der Waals surface area contributed by atoms with Crippen molar-refractivity contribution in [1.29, 1.82) is 0 Å². The molecule has 226 valence electrons. The number of fused-ring (bicyclic) bond motifs is 5. The Morgan fingerprint density at radius 3 is 2.71 bits per heavy atom. The van der Waals surface area contributed by atoms with E-state index in [1.54, 1.807) is 0 Å². The largest absolute Gasteiger partial charge is 0.361 e. The molecule has 5 aliphatic rings. The number of likely N-dealkylation sites (N-methyl/N-ethyl adjacent to an activating group) is 1. The van der Waals surface area contributed by atoms with Crippen molar-refractivity contribution in [3.8, 4) is 0 Å². The third kappa shape index (κ3) is 3.58. The molecular weight excluding hydrogens is 534 g/mol. The van der Waals surface area contributed by atoms with Gasteiger partial charge >= 0.3 is 0 Å². The molecule has 5 heterocycles. The maximum atomic E-state index is 14.6. The number of nitrogens with one attached hydrogen (secondary N) is 2. The summed E-state index contributed by atoms with van der Waals surface area (Å²) in [5.74, 6) is -2.80. The zero-order valence-corrected chi connectivity index (χ0v) is 25.5. The predicted molar refractivity (Wildman–Crippen MR) is 156 cm³/mol. The van der Waals surface area contributed by atoms with Crippen molar-refractivity contribution in [2.24, 2.45) is 17.8 Å². The Kier molecular flexibility index (Phi) is 6.32. The van der Waals surface area contributed by atoms with Crippen LogP contribution in [0.4, 0.5) is 0 Å². The third-order valence-electron chi connectivity index (χ3n) is 10.8. The normalized spacial score (nSPS) is 36.1. The molecule has 4 saturated heterocycles. The molecule has 7 atom stereocenters. The number of hydrogen-bond donors (Lipinski definition) is 2. The number of aromatic nitrogens is 1. The highest BCUT2D eigenvalue weighted by Crippen LogP contribution is 2.50. The van der Waals surface area contributed by atoms with Crippen LogP contribution in [0.1, 0.15) is 64.0 Å². The van der Waals surface area contributed by atoms with E-state index in [-0.39, 0.29) is 29.6 Å². The lowest BCUT2D eigenvalue weighted by molar-refractivity contribution is -0.335. The van der Waals surface area contributed by atoms with E-state index in [9.17, 15) is 14.4 Å². The lowest BCUT2D eigenvalue weighted by Gasteiger charge is -2.51. The number of carbonyl (C=O) groups excluding carboxylic acids is 3. The van der Waals surface area contributed by atoms with Crippen molar-refractivity contribution >= 4 is 28.6 Å². The summed E-state index contributed by atoms with van der Waals surface area (Å²) in [6.07, 6.45) is 5.23. The number of hydrogen-bond acceptors (Lipinski definition) is 6. The predicted octanol–water partition coefficient (Wildman–Crippen LogP) is 2.78. The van der Waals surface area contributed by atoms with Crippen LogP contribution in [0.25, 0.3) is 10.9 Å². The minimum absolute atomic E-state index is 0.0708. The van der Waals surface area contributed by atoms with Gasteiger partial charge in [-0.25, -0.2) is 0 Å². The summed E-state index contributed by atoms with van der Waals surface area (Å²) in [5, 5.41) is 4.42. The molecule has 2 aromatic rings. The van der Waals surface area contributed by atoms with E-state index >= 15 is 0 Å². The summed E-state index contributed by atoms with van der Waals surface area (Å²) in [5.41, 5.74) is 2.11. The van der Waals surface area contributed by atoms with Gasteiger partial charge in [-0.15, -0.1) is 0 Å². The molecule has 4 fully saturated rings. The molecule has 3 amide bonds. The molecule has 1 unspecified atom stereocenters. The van der Waals surface area contributed by atoms with Crippen molar-refractivity contribution in [1.82, 2.24) is 25.0 Å². The van der Waals surface area contributed by atoms with Crippen LogP contribution >= 0.6 is 0 Å². The Balaban J connectivity index is 1.22. The molecule has 10 nitrogen and oxygen atoms in total. The molecule has 1 aliphatic carbocycles. The zero-order valence-electron chi connectivity index (χ0n) is 25.5. The Morgan fingerprint density at radius 2 is 2.00 bits per heavy atom. The number of amides is 3. The first-order valence-corrected chi connectivity index (χ1v) is 15.5. The third-order valence-corrected chi connectivity index (χ3v) is 10.8. The number of rotatable bonds is 5. The van der Waals surface area contributed by atoms with Crippen LogP contribution in [0.5, 0.6) is 0 Å². The van der Waals surface area contributed by atoms with Crippen molar-refractivity contribution in [3.63, 3.8) is 0 Å². The van der Waals surface area contributed by atoms with Gasteiger partial charge in [0.1, 0.15) is 12.1 Å². The highest BCUT2D eigenvalue weighted by Gasteiger charge is 2.73. The molecule has 2 N–H and O–H groups in total. The van der Waals surface area contributed by atoms with Gasteiger partial charge in [-0.3, -0.25) is 24.0 Å². The first-order valence-electron chi connectivity index (χ1n) is 15.5. The van der Waals surface area contributed by atoms with Crippen LogP contribution < -0.4 is 5.32 Å². The van der Waals surface area contributed by atoms with Crippen molar-refractivity contribution in [3.05, 3.63) is 35.5 Å². The SMILES string of the molecule is CO[C@@]12O[C@](NC(=O)[C@@H]3CC4c5cccc6[nH]cc(c56)C[C@H]4N(C)C3)(C(C)C)C(=O)N1[C@@H](C(C)C)C(=O)N1CCC[C@H]12. The van der Waals surface area contributed by atoms with Crippen molar-refractivity contribution < 1.29 is 23.9 Å². The standard InChI is InChI=1S/C32H43N5O5/c1-17(2)27-29(39)36-12-8-11-25(36)32(41-6)37(27)30(40)31(42-32,18(3)4)34-28(38)20-13-22-21-9-7-10-23-26(21)19(15-33-23)14-24(22)35(5)16-20/h7,9-10,15,17-18,20,22,24-25,27,33H,8,11-14,16H2,1-6H3,(H,34,38)/t20-,22?,24-,25+,27+,31-,32+/m1/s1. The van der Waals surface area contributed by atoms with E-state index in [0.29, 0.717) is 32.0 Å². The van der Waals surface area contributed by atoms with Gasteiger partial charge in [0.15, 0.2) is 0 Å². The summed E-state index contributed by atoms with van der Waals surface area (Å²) < 4.78 is 12.9. The molecule has 42 heavy (non-hydrogen) atoms. The Hall–Kier alpha value is -2.95. The minimum Gasteiger partial charge on any atom is -0.361 e. The van der Waals surface area contributed by atoms with Crippen molar-refractivity contribution in [2.75, 3.05) is 27.2 Å². The van der Waals surface area contributed by atoms with Crippen LogP contribution in [-0.4, -0.2) is 94.4 Å². The van der Waals surface area contributed by atoms with Crippen molar-refractivity contribution in [2.45, 2.75) is 89.1 Å².